The Bertz CT molecular complexity index is 1190. The van der Waals surface area contributed by atoms with Crippen molar-refractivity contribution in [3.8, 4) is 5.75 Å². The molecule has 0 aliphatic heterocycles. The van der Waals surface area contributed by atoms with Gasteiger partial charge in [0.15, 0.2) is 6.61 Å². The van der Waals surface area contributed by atoms with E-state index in [9.17, 15) is 31.1 Å². The van der Waals surface area contributed by atoms with Crippen molar-refractivity contribution in [2.45, 2.75) is 130 Å². The summed E-state index contributed by atoms with van der Waals surface area (Å²) >= 11 is 0. The number of rotatable bonds is 9. The zero-order valence-electron chi connectivity index (χ0n) is 28.0. The Morgan fingerprint density at radius 1 is 0.826 bits per heavy atom. The summed E-state index contributed by atoms with van der Waals surface area (Å²) in [5.74, 6) is 3.52. The number of fused-ring (bicyclic) bond motifs is 5. The van der Waals surface area contributed by atoms with Gasteiger partial charge in [0.2, 0.25) is 0 Å². The molecule has 0 spiro atoms. The number of carbonyl (C=O) groups is 1. The van der Waals surface area contributed by atoms with Crippen LogP contribution in [0.4, 0.5) is 26.3 Å². The first-order chi connectivity index (χ1) is 21.4. The molecule has 4 aliphatic carbocycles. The Morgan fingerprint density at radius 2 is 1.46 bits per heavy atom. The monoisotopic (exact) mass is 658 g/mol. The van der Waals surface area contributed by atoms with Gasteiger partial charge in [0.05, 0.1) is 11.1 Å². The molecule has 0 heterocycles. The maximum Gasteiger partial charge on any atom is 0.416 e. The van der Waals surface area contributed by atoms with Crippen LogP contribution in [0.2, 0.25) is 0 Å². The van der Waals surface area contributed by atoms with Gasteiger partial charge in [-0.2, -0.15) is 26.3 Å². The number of benzene rings is 1. The minimum atomic E-state index is -4.99. The van der Waals surface area contributed by atoms with E-state index in [4.69, 9.17) is 9.47 Å². The van der Waals surface area contributed by atoms with Gasteiger partial charge in [-0.25, -0.2) is 4.79 Å². The molecule has 46 heavy (non-hydrogen) atoms. The lowest BCUT2D eigenvalue weighted by Gasteiger charge is -2.61. The van der Waals surface area contributed by atoms with Crippen LogP contribution in [0.3, 0.4) is 0 Å². The van der Waals surface area contributed by atoms with Crippen LogP contribution in [0.25, 0.3) is 0 Å². The number of carbonyl (C=O) groups excluding carboxylic acids is 1. The zero-order chi connectivity index (χ0) is 33.7. The van der Waals surface area contributed by atoms with Gasteiger partial charge in [0.25, 0.3) is 0 Å². The van der Waals surface area contributed by atoms with Crippen molar-refractivity contribution in [1.82, 2.24) is 0 Å². The highest BCUT2D eigenvalue weighted by molar-refractivity contribution is 5.71. The largest absolute Gasteiger partial charge is 0.482 e. The lowest BCUT2D eigenvalue weighted by Crippen LogP contribution is -2.54. The average Bonchev–Trinajstić information content (AvgIpc) is 3.32. The molecule has 0 bridgehead atoms. The van der Waals surface area contributed by atoms with E-state index < -0.39 is 41.8 Å². The van der Waals surface area contributed by atoms with Crippen molar-refractivity contribution in [2.24, 2.45) is 52.3 Å². The molecule has 0 amide bonds. The molecule has 260 valence electrons. The standard InChI is InChI=1S/C37H52F6O3/c1-22(2)7-6-8-23(3)30-11-12-31-29-10-9-24-18-27(13-15-34(24,4)32(29)14-16-35(30,31)5)46-33(44)21-45-28-19-25(36(38,39)40)17-26(20-28)37(41,42)43/h17,19-20,22-24,27,29-32H,6-16,18,21H2,1-5H3. The molecule has 4 fully saturated rings. The highest BCUT2D eigenvalue weighted by atomic mass is 19.4. The number of ether oxygens (including phenoxy) is 2. The predicted molar refractivity (Wildman–Crippen MR) is 165 cm³/mol. The molecule has 4 saturated carbocycles. The van der Waals surface area contributed by atoms with Gasteiger partial charge in [-0.1, -0.05) is 53.9 Å². The maximum atomic E-state index is 13.2. The van der Waals surface area contributed by atoms with E-state index in [-0.39, 0.29) is 17.6 Å². The van der Waals surface area contributed by atoms with Gasteiger partial charge in [-0.15, -0.1) is 0 Å². The van der Waals surface area contributed by atoms with Crippen molar-refractivity contribution >= 4 is 5.97 Å². The number of alkyl halides is 6. The summed E-state index contributed by atoms with van der Waals surface area (Å²) in [6.07, 6.45) is 3.63. The topological polar surface area (TPSA) is 35.5 Å². The van der Waals surface area contributed by atoms with Crippen molar-refractivity contribution < 1.29 is 40.6 Å². The van der Waals surface area contributed by atoms with Gasteiger partial charge in [-0.05, 0) is 128 Å². The molecule has 5 rings (SSSR count). The van der Waals surface area contributed by atoms with Crippen molar-refractivity contribution in [3.05, 3.63) is 29.3 Å². The van der Waals surface area contributed by atoms with Gasteiger partial charge in [0.1, 0.15) is 11.9 Å². The van der Waals surface area contributed by atoms with E-state index in [2.05, 4.69) is 34.6 Å². The summed E-state index contributed by atoms with van der Waals surface area (Å²) in [5, 5.41) is 0. The Labute approximate surface area is 270 Å². The molecule has 9 heteroatoms. The molecule has 0 radical (unpaired) electrons. The second-order valence-corrected chi connectivity index (χ2v) is 16.1. The molecule has 0 N–H and O–H groups in total. The minimum absolute atomic E-state index is 0.0340. The lowest BCUT2D eigenvalue weighted by molar-refractivity contribution is -0.164. The predicted octanol–water partition coefficient (Wildman–Crippen LogP) is 11.1. The maximum absolute atomic E-state index is 13.2. The second-order valence-electron chi connectivity index (χ2n) is 16.1. The summed E-state index contributed by atoms with van der Waals surface area (Å²) in [5.41, 5.74) is -2.36. The Morgan fingerprint density at radius 3 is 2.09 bits per heavy atom. The van der Waals surface area contributed by atoms with E-state index in [1.165, 1.54) is 51.4 Å². The first-order valence-corrected chi connectivity index (χ1v) is 17.5. The van der Waals surface area contributed by atoms with E-state index in [1.807, 2.05) is 0 Å². The van der Waals surface area contributed by atoms with Crippen LogP contribution in [-0.4, -0.2) is 18.7 Å². The lowest BCUT2D eigenvalue weighted by atomic mass is 9.44. The quantitative estimate of drug-likeness (QED) is 0.196. The highest BCUT2D eigenvalue weighted by Crippen LogP contribution is 2.68. The summed E-state index contributed by atoms with van der Waals surface area (Å²) in [4.78, 5) is 12.7. The molecule has 1 aromatic carbocycles. The Balaban J connectivity index is 1.17. The van der Waals surface area contributed by atoms with Gasteiger partial charge in [0, 0.05) is 0 Å². The number of hydrogen-bond acceptors (Lipinski definition) is 3. The van der Waals surface area contributed by atoms with Gasteiger partial charge < -0.3 is 9.47 Å². The fourth-order valence-corrected chi connectivity index (χ4v) is 10.7. The van der Waals surface area contributed by atoms with Crippen molar-refractivity contribution in [3.63, 3.8) is 0 Å². The second kappa shape index (κ2) is 13.2. The SMILES string of the molecule is CC(C)CCCC(C)C1CCC2C3CCC4CC(OC(=O)COc5cc(C(F)(F)F)cc(C(F)(F)F)c5)CCC4(C)C3CCC12C. The summed E-state index contributed by atoms with van der Waals surface area (Å²) in [7, 11) is 0. The van der Waals surface area contributed by atoms with E-state index in [0.717, 1.165) is 48.9 Å². The summed E-state index contributed by atoms with van der Waals surface area (Å²) in [6, 6.07) is 0.983. The van der Waals surface area contributed by atoms with Crippen molar-refractivity contribution in [2.75, 3.05) is 6.61 Å². The number of halogens is 6. The molecule has 0 aromatic heterocycles. The minimum Gasteiger partial charge on any atom is -0.482 e. The van der Waals surface area contributed by atoms with E-state index >= 15 is 0 Å². The molecule has 9 unspecified atom stereocenters. The molecular weight excluding hydrogens is 606 g/mol. The third-order valence-corrected chi connectivity index (χ3v) is 13.0. The Hall–Kier alpha value is -1.93. The zero-order valence-corrected chi connectivity index (χ0v) is 28.0. The van der Waals surface area contributed by atoms with Crippen LogP contribution < -0.4 is 4.74 Å². The van der Waals surface area contributed by atoms with E-state index in [1.54, 1.807) is 0 Å². The van der Waals surface area contributed by atoms with Crippen LogP contribution in [0, 0.1) is 52.3 Å². The smallest absolute Gasteiger partial charge is 0.416 e. The fourth-order valence-electron chi connectivity index (χ4n) is 10.7. The normalized spacial score (nSPS) is 35.2. The number of hydrogen-bond donors (Lipinski definition) is 0. The van der Waals surface area contributed by atoms with Gasteiger partial charge >= 0.3 is 18.3 Å². The molecule has 9 atom stereocenters. The van der Waals surface area contributed by atoms with Crippen LogP contribution in [0.15, 0.2) is 18.2 Å². The Kier molecular flexibility index (Phi) is 10.1. The molecule has 0 saturated heterocycles. The molecular formula is C37H52F6O3. The third kappa shape index (κ3) is 7.23. The molecule has 1 aromatic rings. The molecule has 3 nitrogen and oxygen atoms in total. The van der Waals surface area contributed by atoms with Crippen molar-refractivity contribution in [1.29, 1.82) is 0 Å². The van der Waals surface area contributed by atoms with E-state index in [0.29, 0.717) is 35.8 Å². The third-order valence-electron chi connectivity index (χ3n) is 13.0. The average molecular weight is 659 g/mol. The molecule has 4 aliphatic rings. The van der Waals surface area contributed by atoms with Crippen LogP contribution >= 0.6 is 0 Å². The van der Waals surface area contributed by atoms with Crippen LogP contribution in [0.1, 0.15) is 123 Å². The first kappa shape index (κ1) is 35.4. The first-order valence-electron chi connectivity index (χ1n) is 17.5. The summed E-state index contributed by atoms with van der Waals surface area (Å²) in [6.45, 7) is 11.4. The summed E-state index contributed by atoms with van der Waals surface area (Å²) < 4.78 is 90.0. The van der Waals surface area contributed by atoms with Gasteiger partial charge in [-0.3, -0.25) is 0 Å². The number of esters is 1. The van der Waals surface area contributed by atoms with Crippen LogP contribution in [-0.2, 0) is 21.9 Å². The fraction of sp³-hybridized carbons (Fsp3) is 0.811. The highest BCUT2D eigenvalue weighted by Gasteiger charge is 2.60. The van der Waals surface area contributed by atoms with Crippen LogP contribution in [0.5, 0.6) is 5.75 Å².